The molecule has 3 aromatic carbocycles. The normalized spacial score (nSPS) is 15.0. The molecule has 0 spiro atoms. The van der Waals surface area contributed by atoms with Crippen LogP contribution in [-0.4, -0.2) is 12.5 Å². The van der Waals surface area contributed by atoms with Gasteiger partial charge in [-0.05, 0) is 64.1 Å². The summed E-state index contributed by atoms with van der Waals surface area (Å²) in [7, 11) is 0. The van der Waals surface area contributed by atoms with Gasteiger partial charge in [0, 0.05) is 5.57 Å². The molecule has 26 heavy (non-hydrogen) atoms. The fraction of sp³-hybridized carbons (Fsp3) is 0.167. The van der Waals surface area contributed by atoms with Crippen LogP contribution >= 0.6 is 0 Å². The molecule has 1 heterocycles. The number of carbonyl (C=O) groups excluding carboxylic acids is 1. The lowest BCUT2D eigenvalue weighted by molar-refractivity contribution is 0.286. The van der Waals surface area contributed by atoms with E-state index < -0.39 is 0 Å². The van der Waals surface area contributed by atoms with Gasteiger partial charge in [0.25, 0.3) is 0 Å². The Balaban J connectivity index is 0.000000240. The molecular formula is C24H20O2. The minimum absolute atomic E-state index is 0.733. The van der Waals surface area contributed by atoms with E-state index in [-0.39, 0.29) is 0 Å². The highest BCUT2D eigenvalue weighted by atomic mass is 16.5. The first-order chi connectivity index (χ1) is 12.9. The van der Waals surface area contributed by atoms with E-state index >= 15 is 0 Å². The second kappa shape index (κ2) is 7.43. The monoisotopic (exact) mass is 340 g/mol. The molecule has 0 amide bonds. The SMILES string of the molecule is C1=CCOC=C1.O=C=C1CCCc2c1ccc1c2ccc2ccccc21. The quantitative estimate of drug-likeness (QED) is 0.391. The maximum Gasteiger partial charge on any atom is 0.128 e. The predicted octanol–water partition coefficient (Wildman–Crippen LogP) is 5.63. The molecule has 128 valence electrons. The van der Waals surface area contributed by atoms with Gasteiger partial charge in [-0.15, -0.1) is 0 Å². The summed E-state index contributed by atoms with van der Waals surface area (Å²) in [5.41, 5.74) is 3.26. The number of benzene rings is 3. The lowest BCUT2D eigenvalue weighted by Gasteiger charge is -2.19. The fourth-order valence-electron chi connectivity index (χ4n) is 3.73. The maximum atomic E-state index is 11.1. The molecule has 0 atom stereocenters. The number of hydrogen-bond acceptors (Lipinski definition) is 2. The molecule has 0 N–H and O–H groups in total. The number of hydrogen-bond donors (Lipinski definition) is 0. The van der Waals surface area contributed by atoms with Crippen molar-refractivity contribution in [3.63, 3.8) is 0 Å². The van der Waals surface area contributed by atoms with E-state index in [0.29, 0.717) is 0 Å². The van der Waals surface area contributed by atoms with Crippen LogP contribution in [-0.2, 0) is 16.0 Å². The summed E-state index contributed by atoms with van der Waals surface area (Å²) in [6.07, 6.45) is 10.4. The van der Waals surface area contributed by atoms with Crippen LogP contribution in [0.3, 0.4) is 0 Å². The standard InChI is InChI=1S/C19H14O.C5H6O/c20-12-14-5-3-7-17-16(14)10-11-18-15-6-2-1-4-13(15)8-9-19(17)18;1-2-4-6-5-3-1/h1-2,4,6,8-11H,3,5,7H2;1-4H,5H2. The molecule has 1 aliphatic carbocycles. The summed E-state index contributed by atoms with van der Waals surface area (Å²) in [6, 6.07) is 17.1. The van der Waals surface area contributed by atoms with Gasteiger partial charge in [0.15, 0.2) is 0 Å². The third-order valence-corrected chi connectivity index (χ3v) is 4.95. The van der Waals surface area contributed by atoms with E-state index in [2.05, 4.69) is 54.5 Å². The zero-order valence-electron chi connectivity index (χ0n) is 14.6. The zero-order chi connectivity index (χ0) is 17.8. The average molecular weight is 340 g/mol. The summed E-state index contributed by atoms with van der Waals surface area (Å²) in [6.45, 7) is 0.733. The van der Waals surface area contributed by atoms with Crippen LogP contribution in [0, 0.1) is 0 Å². The van der Waals surface area contributed by atoms with Crippen molar-refractivity contribution in [2.75, 3.05) is 6.61 Å². The fourth-order valence-corrected chi connectivity index (χ4v) is 3.73. The van der Waals surface area contributed by atoms with Crippen LogP contribution in [0.15, 0.2) is 73.0 Å². The molecule has 2 nitrogen and oxygen atoms in total. The summed E-state index contributed by atoms with van der Waals surface area (Å²) in [5, 5.41) is 5.12. The summed E-state index contributed by atoms with van der Waals surface area (Å²) < 4.78 is 4.80. The largest absolute Gasteiger partial charge is 0.497 e. The Morgan fingerprint density at radius 3 is 2.46 bits per heavy atom. The summed E-state index contributed by atoms with van der Waals surface area (Å²) in [4.78, 5) is 11.1. The molecule has 5 rings (SSSR count). The first kappa shape index (κ1) is 16.4. The second-order valence-electron chi connectivity index (χ2n) is 6.50. The predicted molar refractivity (Wildman–Crippen MR) is 108 cm³/mol. The molecular weight excluding hydrogens is 320 g/mol. The highest BCUT2D eigenvalue weighted by Crippen LogP contribution is 2.36. The molecule has 2 aliphatic rings. The lowest BCUT2D eigenvalue weighted by atomic mass is 9.84. The topological polar surface area (TPSA) is 26.3 Å². The Kier molecular flexibility index (Phi) is 4.68. The molecule has 0 fully saturated rings. The van der Waals surface area contributed by atoms with Gasteiger partial charge in [-0.1, -0.05) is 54.6 Å². The minimum Gasteiger partial charge on any atom is -0.497 e. The Labute approximate surface area is 153 Å². The van der Waals surface area contributed by atoms with Gasteiger partial charge < -0.3 is 4.74 Å². The van der Waals surface area contributed by atoms with Crippen LogP contribution in [0.25, 0.3) is 27.1 Å². The Morgan fingerprint density at radius 2 is 1.73 bits per heavy atom. The van der Waals surface area contributed by atoms with Crippen LogP contribution in [0.5, 0.6) is 0 Å². The van der Waals surface area contributed by atoms with Crippen LogP contribution < -0.4 is 0 Å². The van der Waals surface area contributed by atoms with Crippen molar-refractivity contribution in [1.29, 1.82) is 0 Å². The van der Waals surface area contributed by atoms with Crippen molar-refractivity contribution < 1.29 is 9.53 Å². The zero-order valence-corrected chi connectivity index (χ0v) is 14.6. The van der Waals surface area contributed by atoms with E-state index in [1.807, 2.05) is 18.2 Å². The Hall–Kier alpha value is -3.09. The van der Waals surface area contributed by atoms with Gasteiger partial charge in [0.05, 0.1) is 6.26 Å². The molecule has 0 bridgehead atoms. The van der Waals surface area contributed by atoms with Crippen molar-refractivity contribution in [3.8, 4) is 0 Å². The van der Waals surface area contributed by atoms with E-state index in [0.717, 1.165) is 37.0 Å². The highest BCUT2D eigenvalue weighted by molar-refractivity contribution is 6.10. The van der Waals surface area contributed by atoms with E-state index in [1.54, 1.807) is 6.26 Å². The average Bonchev–Trinajstić information content (AvgIpc) is 2.74. The first-order valence-corrected chi connectivity index (χ1v) is 8.99. The summed E-state index contributed by atoms with van der Waals surface area (Å²) >= 11 is 0. The smallest absolute Gasteiger partial charge is 0.128 e. The number of rotatable bonds is 0. The molecule has 0 saturated heterocycles. The molecule has 0 unspecified atom stereocenters. The van der Waals surface area contributed by atoms with Gasteiger partial charge in [0.2, 0.25) is 0 Å². The molecule has 1 aliphatic heterocycles. The first-order valence-electron chi connectivity index (χ1n) is 8.99. The third kappa shape index (κ3) is 3.08. The van der Waals surface area contributed by atoms with Crippen molar-refractivity contribution in [2.24, 2.45) is 0 Å². The Bertz CT molecular complexity index is 1050. The van der Waals surface area contributed by atoms with Gasteiger partial charge in [0.1, 0.15) is 12.5 Å². The minimum atomic E-state index is 0.733. The number of allylic oxidation sites excluding steroid dienone is 3. The van der Waals surface area contributed by atoms with Gasteiger partial charge in [-0.3, -0.25) is 0 Å². The third-order valence-electron chi connectivity index (χ3n) is 4.95. The molecule has 0 saturated carbocycles. The van der Waals surface area contributed by atoms with Crippen molar-refractivity contribution >= 4 is 33.1 Å². The summed E-state index contributed by atoms with van der Waals surface area (Å²) in [5.74, 6) is 2.13. The van der Waals surface area contributed by atoms with E-state index in [4.69, 9.17) is 4.74 Å². The van der Waals surface area contributed by atoms with E-state index in [9.17, 15) is 4.79 Å². The second-order valence-corrected chi connectivity index (χ2v) is 6.50. The maximum absolute atomic E-state index is 11.1. The van der Waals surface area contributed by atoms with Crippen molar-refractivity contribution in [1.82, 2.24) is 0 Å². The van der Waals surface area contributed by atoms with Crippen molar-refractivity contribution in [3.05, 3.63) is 84.1 Å². The molecule has 0 aromatic heterocycles. The number of fused-ring (bicyclic) bond motifs is 5. The van der Waals surface area contributed by atoms with Crippen molar-refractivity contribution in [2.45, 2.75) is 19.3 Å². The molecule has 2 heteroatoms. The van der Waals surface area contributed by atoms with Gasteiger partial charge >= 0.3 is 0 Å². The highest BCUT2D eigenvalue weighted by Gasteiger charge is 2.17. The number of aryl methyl sites for hydroxylation is 1. The van der Waals surface area contributed by atoms with Gasteiger partial charge in [-0.25, -0.2) is 4.79 Å². The lowest BCUT2D eigenvalue weighted by Crippen LogP contribution is -2.03. The molecule has 3 aromatic rings. The van der Waals surface area contributed by atoms with Crippen LogP contribution in [0.4, 0.5) is 0 Å². The van der Waals surface area contributed by atoms with Crippen LogP contribution in [0.2, 0.25) is 0 Å². The van der Waals surface area contributed by atoms with E-state index in [1.165, 1.54) is 27.1 Å². The molecule has 0 radical (unpaired) electrons. The Morgan fingerprint density at radius 1 is 0.846 bits per heavy atom. The van der Waals surface area contributed by atoms with Gasteiger partial charge in [-0.2, -0.15) is 0 Å². The number of ether oxygens (including phenoxy) is 1. The van der Waals surface area contributed by atoms with Crippen LogP contribution in [0.1, 0.15) is 24.0 Å².